The van der Waals surface area contributed by atoms with E-state index in [1.54, 1.807) is 0 Å². The molecule has 0 saturated carbocycles. The SMILES string of the molecule is O=S(=O)([O-])[O-].[NH4+].[Na+].[O]=[Cr](=[O])([OH])[O][Cr](=[O])(=[O])[OH]. The molecule has 0 spiro atoms. The van der Waals surface area contributed by atoms with Crippen LogP contribution in [0.15, 0.2) is 0 Å². The van der Waals surface area contributed by atoms with Crippen LogP contribution in [0.1, 0.15) is 0 Å². The Kier molecular flexibility index (Phi) is 14.4. The van der Waals surface area contributed by atoms with E-state index >= 15 is 0 Å². The van der Waals surface area contributed by atoms with Crippen molar-refractivity contribution in [1.29, 1.82) is 0 Å². The number of rotatable bonds is 2. The standard InChI is InChI=1S/2Cr.H3N.Na.H2O4S.2H2O.5O/c;;;;1-5(2,3)4;;;;;;;/h;;1H3;;(H2,1,2,3,4);2*1H2;;;;;/q2*+1;;+1;;;;;;;;/p-3. The molecule has 12 nitrogen and oxygen atoms in total. The van der Waals surface area contributed by atoms with E-state index in [4.69, 9.17) is 25.8 Å². The molecule has 0 saturated heterocycles. The van der Waals surface area contributed by atoms with E-state index in [9.17, 15) is 15.2 Å². The normalized spacial score (nSPS) is 11.2. The molecule has 16 heavy (non-hydrogen) atoms. The van der Waals surface area contributed by atoms with E-state index in [2.05, 4.69) is 2.84 Å². The van der Waals surface area contributed by atoms with Gasteiger partial charge >= 0.3 is 83.2 Å². The summed E-state index contributed by atoms with van der Waals surface area (Å²) < 4.78 is 90.3. The van der Waals surface area contributed by atoms with E-state index in [0.717, 1.165) is 0 Å². The summed E-state index contributed by atoms with van der Waals surface area (Å²) in [5.41, 5.74) is 0. The van der Waals surface area contributed by atoms with Crippen molar-refractivity contribution in [2.45, 2.75) is 0 Å². The summed E-state index contributed by atoms with van der Waals surface area (Å²) in [6, 6.07) is 0. The molecule has 0 aliphatic rings. The molecule has 0 aliphatic carbocycles. The van der Waals surface area contributed by atoms with Gasteiger partial charge < -0.3 is 15.3 Å². The average molecular weight is 355 g/mol. The topological polar surface area (TPSA) is 235 Å². The predicted molar refractivity (Wildman–Crippen MR) is 24.7 cm³/mol. The van der Waals surface area contributed by atoms with E-state index in [1.165, 1.54) is 0 Å². The second-order valence-electron chi connectivity index (χ2n) is 1.33. The van der Waals surface area contributed by atoms with Crippen molar-refractivity contribution in [2.75, 3.05) is 0 Å². The Morgan fingerprint density at radius 3 is 1.06 bits per heavy atom. The van der Waals surface area contributed by atoms with Gasteiger partial charge in [-0.2, -0.15) is 0 Å². The van der Waals surface area contributed by atoms with Crippen LogP contribution in [0.25, 0.3) is 0 Å². The third kappa shape index (κ3) is 60.1. The van der Waals surface area contributed by atoms with Gasteiger partial charge in [0.1, 0.15) is 0 Å². The van der Waals surface area contributed by atoms with Crippen molar-refractivity contribution >= 4 is 10.4 Å². The van der Waals surface area contributed by atoms with Crippen molar-refractivity contribution in [3.05, 3.63) is 0 Å². The maximum atomic E-state index is 9.53. The van der Waals surface area contributed by atoms with Gasteiger partial charge in [-0.25, -0.2) is 0 Å². The van der Waals surface area contributed by atoms with Crippen LogP contribution in [0.4, 0.5) is 0 Å². The van der Waals surface area contributed by atoms with Crippen molar-refractivity contribution < 1.29 is 101 Å². The van der Waals surface area contributed by atoms with Crippen LogP contribution in [-0.4, -0.2) is 25.8 Å². The van der Waals surface area contributed by atoms with Gasteiger partial charge in [-0.05, 0) is 0 Å². The summed E-state index contributed by atoms with van der Waals surface area (Å²) in [4.78, 5) is 0. The van der Waals surface area contributed by atoms with Gasteiger partial charge in [-0.3, -0.25) is 8.42 Å². The molecule has 0 aliphatic heterocycles. The number of quaternary nitrogens is 1. The zero-order valence-electron chi connectivity index (χ0n) is 7.79. The van der Waals surface area contributed by atoms with Crippen LogP contribution in [0.5, 0.6) is 0 Å². The van der Waals surface area contributed by atoms with Crippen molar-refractivity contribution in [3.8, 4) is 0 Å². The molecule has 6 N–H and O–H groups in total. The fraction of sp³-hybridized carbons (Fsp3) is 0. The fourth-order valence-corrected chi connectivity index (χ4v) is 1.85. The molecule has 96 valence electrons. The molecule has 0 atom stereocenters. The third-order valence-corrected chi connectivity index (χ3v) is 2.92. The molecule has 16 heteroatoms. The van der Waals surface area contributed by atoms with Crippen molar-refractivity contribution in [3.63, 3.8) is 0 Å². The van der Waals surface area contributed by atoms with Crippen LogP contribution in [0, 0.1) is 0 Å². The molecule has 0 aromatic carbocycles. The number of hydrogen-bond donors (Lipinski definition) is 3. The zero-order valence-corrected chi connectivity index (χ0v) is 13.2. The summed E-state index contributed by atoms with van der Waals surface area (Å²) >= 11 is -11.5. The first kappa shape index (κ1) is 25.7. The summed E-state index contributed by atoms with van der Waals surface area (Å²) in [6.45, 7) is 0. The minimum atomic E-state index is -5.76. The Balaban J connectivity index is -0.0000000904. The monoisotopic (exact) mass is 355 g/mol. The van der Waals surface area contributed by atoms with Gasteiger partial charge in [0.05, 0.1) is 0 Å². The average Bonchev–Trinajstić information content (AvgIpc) is 1.42. The second-order valence-corrected chi connectivity index (χ2v) is 5.91. The first-order valence-electron chi connectivity index (χ1n) is 2.03. The van der Waals surface area contributed by atoms with E-state index < -0.39 is 37.6 Å². The molecular weight excluding hydrogens is 349 g/mol. The van der Waals surface area contributed by atoms with Crippen LogP contribution in [0.2, 0.25) is 0 Å². The van der Waals surface area contributed by atoms with Gasteiger partial charge in [0.25, 0.3) is 0 Å². The van der Waals surface area contributed by atoms with Crippen molar-refractivity contribution in [1.82, 2.24) is 6.15 Å². The van der Waals surface area contributed by atoms with E-state index in [1.807, 2.05) is 0 Å². The van der Waals surface area contributed by atoms with Crippen LogP contribution in [-0.2, 0) is 55.7 Å². The molecule has 0 rings (SSSR count). The van der Waals surface area contributed by atoms with Gasteiger partial charge in [-0.1, -0.05) is 0 Å². The minimum absolute atomic E-state index is 0. The molecule has 0 unspecified atom stereocenters. The Labute approximate surface area is 116 Å². The van der Waals surface area contributed by atoms with Crippen LogP contribution >= 0.6 is 0 Å². The van der Waals surface area contributed by atoms with Gasteiger partial charge in [0.2, 0.25) is 0 Å². The number of hydrogen-bond acceptors (Lipinski definition) is 9. The Hall–Kier alpha value is 0.975. The third-order valence-electron chi connectivity index (χ3n) is 0.172. The molecule has 0 fully saturated rings. The predicted octanol–water partition coefficient (Wildman–Crippen LogP) is -5.62. The quantitative estimate of drug-likeness (QED) is 0.240. The summed E-state index contributed by atoms with van der Waals surface area (Å²) in [5.74, 6) is 0. The Bertz CT molecular complexity index is 416. The molecular formula is H6Cr2NNaO11S. The molecule has 0 bridgehead atoms. The van der Waals surface area contributed by atoms with Crippen LogP contribution in [0.3, 0.4) is 0 Å². The van der Waals surface area contributed by atoms with Crippen molar-refractivity contribution in [2.24, 2.45) is 0 Å². The molecule has 0 aromatic heterocycles. The molecule has 0 heterocycles. The second kappa shape index (κ2) is 8.98. The van der Waals surface area contributed by atoms with E-state index in [0.29, 0.717) is 0 Å². The van der Waals surface area contributed by atoms with Gasteiger partial charge in [0, 0.05) is 10.4 Å². The summed E-state index contributed by atoms with van der Waals surface area (Å²) in [6.07, 6.45) is 0. The Morgan fingerprint density at radius 1 is 0.938 bits per heavy atom. The Morgan fingerprint density at radius 2 is 1.06 bits per heavy atom. The van der Waals surface area contributed by atoms with Crippen LogP contribution < -0.4 is 35.7 Å². The molecule has 0 aromatic rings. The zero-order chi connectivity index (χ0) is 12.2. The summed E-state index contributed by atoms with van der Waals surface area (Å²) in [7, 11) is -5.17. The summed E-state index contributed by atoms with van der Waals surface area (Å²) in [5, 5.41) is 0. The first-order valence-corrected chi connectivity index (χ1v) is 7.63. The first-order chi connectivity index (χ1) is 5.71. The van der Waals surface area contributed by atoms with E-state index in [-0.39, 0.29) is 35.7 Å². The molecule has 0 amide bonds. The van der Waals surface area contributed by atoms with Gasteiger partial charge in [-0.15, -0.1) is 0 Å². The maximum absolute atomic E-state index is 9.53. The molecule has 0 radical (unpaired) electrons. The fourth-order valence-electron chi connectivity index (χ4n) is 0.109. The van der Waals surface area contributed by atoms with Gasteiger partial charge in [0.15, 0.2) is 0 Å².